The van der Waals surface area contributed by atoms with E-state index in [0.29, 0.717) is 16.9 Å². The number of carbonyl (C=O) groups excluding carboxylic acids is 1. The van der Waals surface area contributed by atoms with Gasteiger partial charge < -0.3 is 10.6 Å². The van der Waals surface area contributed by atoms with E-state index in [0.717, 1.165) is 5.56 Å². The Labute approximate surface area is 144 Å². The van der Waals surface area contributed by atoms with Gasteiger partial charge in [0.2, 0.25) is 0 Å². The molecule has 0 aromatic heterocycles. The van der Waals surface area contributed by atoms with Crippen molar-refractivity contribution in [2.45, 2.75) is 6.92 Å². The molecule has 0 bridgehead atoms. The fourth-order valence-electron chi connectivity index (χ4n) is 2.15. The van der Waals surface area contributed by atoms with Crippen molar-refractivity contribution in [1.29, 1.82) is 5.26 Å². The Hall–Kier alpha value is -3.66. The van der Waals surface area contributed by atoms with Crippen molar-refractivity contribution in [2.24, 2.45) is 0 Å². The molecule has 2 rings (SSSR count). The topological polar surface area (TPSA) is 108 Å². The van der Waals surface area contributed by atoms with Gasteiger partial charge in [-0.1, -0.05) is 23.8 Å². The van der Waals surface area contributed by atoms with E-state index in [-0.39, 0.29) is 11.3 Å². The van der Waals surface area contributed by atoms with Gasteiger partial charge in [0, 0.05) is 18.8 Å². The molecule has 0 aliphatic heterocycles. The minimum atomic E-state index is -0.577. The molecule has 0 unspecified atom stereocenters. The Morgan fingerprint density at radius 1 is 1.24 bits per heavy atom. The number of aryl methyl sites for hydroxylation is 1. The maximum atomic E-state index is 12.2. The monoisotopic (exact) mass is 336 g/mol. The summed E-state index contributed by atoms with van der Waals surface area (Å²) >= 11 is 0. The van der Waals surface area contributed by atoms with E-state index in [2.05, 4.69) is 10.6 Å². The number of nitrogens with zero attached hydrogens (tertiary/aromatic N) is 2. The van der Waals surface area contributed by atoms with Crippen molar-refractivity contribution in [2.75, 3.05) is 17.7 Å². The summed E-state index contributed by atoms with van der Waals surface area (Å²) in [5, 5.41) is 25.7. The third-order valence-electron chi connectivity index (χ3n) is 3.47. The van der Waals surface area contributed by atoms with Crippen molar-refractivity contribution < 1.29 is 9.72 Å². The summed E-state index contributed by atoms with van der Waals surface area (Å²) in [5.74, 6) is -0.577. The van der Waals surface area contributed by atoms with Crippen LogP contribution in [0.1, 0.15) is 11.1 Å². The minimum absolute atomic E-state index is 0.132. The molecule has 0 atom stereocenters. The molecule has 2 aromatic carbocycles. The lowest BCUT2D eigenvalue weighted by Crippen LogP contribution is -2.13. The summed E-state index contributed by atoms with van der Waals surface area (Å²) in [5.41, 5.74) is 2.07. The maximum absolute atomic E-state index is 12.2. The Kier molecular flexibility index (Phi) is 5.48. The van der Waals surface area contributed by atoms with Crippen molar-refractivity contribution >= 4 is 29.0 Å². The molecule has 0 fully saturated rings. The third-order valence-corrected chi connectivity index (χ3v) is 3.47. The first-order valence-corrected chi connectivity index (χ1v) is 7.40. The fraction of sp³-hybridized carbons (Fsp3) is 0.111. The van der Waals surface area contributed by atoms with Crippen LogP contribution in [0.15, 0.2) is 48.0 Å². The van der Waals surface area contributed by atoms with Crippen molar-refractivity contribution in [1.82, 2.24) is 0 Å². The molecule has 25 heavy (non-hydrogen) atoms. The largest absolute Gasteiger partial charge is 0.383 e. The lowest BCUT2D eigenvalue weighted by atomic mass is 10.1. The highest BCUT2D eigenvalue weighted by atomic mass is 16.6. The molecule has 0 aliphatic rings. The zero-order valence-corrected chi connectivity index (χ0v) is 13.7. The highest BCUT2D eigenvalue weighted by Gasteiger charge is 2.14. The first kappa shape index (κ1) is 17.7. The van der Waals surface area contributed by atoms with Gasteiger partial charge >= 0.3 is 0 Å². The first-order valence-electron chi connectivity index (χ1n) is 7.40. The van der Waals surface area contributed by atoms with Gasteiger partial charge in [-0.3, -0.25) is 14.9 Å². The zero-order valence-electron chi connectivity index (χ0n) is 13.7. The molecule has 7 nitrogen and oxygen atoms in total. The molecule has 7 heteroatoms. The van der Waals surface area contributed by atoms with E-state index in [9.17, 15) is 20.2 Å². The Balaban J connectivity index is 2.29. The number of nitriles is 1. The fourth-order valence-corrected chi connectivity index (χ4v) is 2.15. The van der Waals surface area contributed by atoms with Crippen molar-refractivity contribution in [3.8, 4) is 6.07 Å². The first-order chi connectivity index (χ1) is 11.9. The highest BCUT2D eigenvalue weighted by Crippen LogP contribution is 2.26. The second-order valence-corrected chi connectivity index (χ2v) is 5.27. The molecule has 0 spiro atoms. The van der Waals surface area contributed by atoms with E-state index in [1.54, 1.807) is 25.2 Å². The normalized spacial score (nSPS) is 10.7. The number of anilines is 2. The average molecular weight is 336 g/mol. The number of nitrogens with one attached hydrogen (secondary N) is 2. The van der Waals surface area contributed by atoms with Crippen LogP contribution >= 0.6 is 0 Å². The van der Waals surface area contributed by atoms with Crippen molar-refractivity contribution in [3.63, 3.8) is 0 Å². The summed E-state index contributed by atoms with van der Waals surface area (Å²) in [4.78, 5) is 22.8. The van der Waals surface area contributed by atoms with Crippen LogP contribution in [-0.4, -0.2) is 17.9 Å². The number of nitro benzene ring substituents is 1. The third kappa shape index (κ3) is 4.42. The smallest absolute Gasteiger partial charge is 0.292 e. The van der Waals surface area contributed by atoms with E-state index < -0.39 is 10.8 Å². The van der Waals surface area contributed by atoms with E-state index in [1.165, 1.54) is 18.2 Å². The van der Waals surface area contributed by atoms with Gasteiger partial charge in [-0.15, -0.1) is 0 Å². The van der Waals surface area contributed by atoms with Crippen LogP contribution in [0.2, 0.25) is 0 Å². The number of carbonyl (C=O) groups is 1. The van der Waals surface area contributed by atoms with Gasteiger partial charge in [-0.05, 0) is 36.8 Å². The lowest BCUT2D eigenvalue weighted by molar-refractivity contribution is -0.384. The summed E-state index contributed by atoms with van der Waals surface area (Å²) in [6.07, 6.45) is 1.32. The van der Waals surface area contributed by atoms with Crippen molar-refractivity contribution in [3.05, 3.63) is 69.3 Å². The second-order valence-electron chi connectivity index (χ2n) is 5.27. The van der Waals surface area contributed by atoms with Crippen LogP contribution in [0.5, 0.6) is 0 Å². The molecule has 0 saturated heterocycles. The van der Waals surface area contributed by atoms with E-state index in [1.807, 2.05) is 25.1 Å². The van der Waals surface area contributed by atoms with Crippen LogP contribution in [0.3, 0.4) is 0 Å². The molecule has 0 heterocycles. The molecule has 2 N–H and O–H groups in total. The summed E-state index contributed by atoms with van der Waals surface area (Å²) in [6.45, 7) is 1.92. The number of rotatable bonds is 5. The second kappa shape index (κ2) is 7.75. The lowest BCUT2D eigenvalue weighted by Gasteiger charge is -2.05. The van der Waals surface area contributed by atoms with Crippen LogP contribution in [-0.2, 0) is 4.79 Å². The molecule has 0 radical (unpaired) electrons. The number of amides is 1. The Morgan fingerprint density at radius 2 is 1.92 bits per heavy atom. The van der Waals surface area contributed by atoms with Crippen LogP contribution in [0, 0.1) is 28.4 Å². The zero-order chi connectivity index (χ0) is 18.4. The molecule has 2 aromatic rings. The molecule has 0 saturated carbocycles. The van der Waals surface area contributed by atoms with Gasteiger partial charge in [0.15, 0.2) is 0 Å². The summed E-state index contributed by atoms with van der Waals surface area (Å²) in [7, 11) is 1.58. The van der Waals surface area contributed by atoms with Crippen LogP contribution in [0.25, 0.3) is 6.08 Å². The Bertz CT molecular complexity index is 880. The van der Waals surface area contributed by atoms with Gasteiger partial charge in [-0.2, -0.15) is 5.26 Å². The van der Waals surface area contributed by atoms with E-state index >= 15 is 0 Å². The Morgan fingerprint density at radius 3 is 2.48 bits per heavy atom. The van der Waals surface area contributed by atoms with Gasteiger partial charge in [0.05, 0.1) is 4.92 Å². The maximum Gasteiger partial charge on any atom is 0.292 e. The average Bonchev–Trinajstić information content (AvgIpc) is 2.61. The number of hydrogen-bond acceptors (Lipinski definition) is 5. The van der Waals surface area contributed by atoms with Gasteiger partial charge in [0.1, 0.15) is 17.3 Å². The van der Waals surface area contributed by atoms with Crippen LogP contribution in [0.4, 0.5) is 17.1 Å². The standard InChI is InChI=1S/C18H16N4O3/c1-12-3-6-15(7-4-12)21-18(23)14(11-19)9-13-5-8-16(20-2)17(10-13)22(24)25/h3-10,20H,1-2H3,(H,21,23)/b14-9+. The summed E-state index contributed by atoms with van der Waals surface area (Å²) < 4.78 is 0. The number of hydrogen-bond donors (Lipinski definition) is 2. The molecule has 0 aliphatic carbocycles. The van der Waals surface area contributed by atoms with Crippen LogP contribution < -0.4 is 10.6 Å². The molecule has 126 valence electrons. The highest BCUT2D eigenvalue weighted by molar-refractivity contribution is 6.09. The SMILES string of the molecule is CNc1ccc(/C=C(\C#N)C(=O)Nc2ccc(C)cc2)cc1[N+](=O)[O-]. The quantitative estimate of drug-likeness (QED) is 0.376. The minimum Gasteiger partial charge on any atom is -0.383 e. The predicted octanol–water partition coefficient (Wildman–Crippen LogP) is 3.49. The molecular formula is C18H16N4O3. The predicted molar refractivity (Wildman–Crippen MR) is 96.0 cm³/mol. The molecular weight excluding hydrogens is 320 g/mol. The summed E-state index contributed by atoms with van der Waals surface area (Å²) in [6, 6.07) is 13.4. The number of benzene rings is 2. The van der Waals surface area contributed by atoms with Gasteiger partial charge in [-0.25, -0.2) is 0 Å². The van der Waals surface area contributed by atoms with E-state index in [4.69, 9.17) is 0 Å². The van der Waals surface area contributed by atoms with Gasteiger partial charge in [0.25, 0.3) is 11.6 Å². The number of nitro groups is 1. The molecule has 1 amide bonds.